The van der Waals surface area contributed by atoms with Gasteiger partial charge in [-0.05, 0) is 63.0 Å². The van der Waals surface area contributed by atoms with Crippen molar-refractivity contribution in [3.8, 4) is 5.75 Å². The molecule has 0 aliphatic carbocycles. The number of piperidine rings is 1. The summed E-state index contributed by atoms with van der Waals surface area (Å²) >= 11 is 0. The third kappa shape index (κ3) is 4.22. The van der Waals surface area contributed by atoms with Crippen molar-refractivity contribution in [1.29, 1.82) is 0 Å². The van der Waals surface area contributed by atoms with Crippen molar-refractivity contribution < 1.29 is 4.74 Å². The fourth-order valence-electron chi connectivity index (χ4n) is 2.70. The van der Waals surface area contributed by atoms with E-state index in [1.165, 1.54) is 18.5 Å². The molecule has 1 aliphatic heterocycles. The van der Waals surface area contributed by atoms with E-state index in [0.29, 0.717) is 12.0 Å². The number of likely N-dealkylation sites (tertiary alicyclic amines) is 1. The number of likely N-dealkylation sites (N-methyl/N-ethyl adjacent to an activating group) is 1. The van der Waals surface area contributed by atoms with Crippen LogP contribution in [0.1, 0.15) is 37.7 Å². The number of nitrogens with two attached hydrogens (primary N) is 1. The van der Waals surface area contributed by atoms with Gasteiger partial charge in [-0.25, -0.2) is 0 Å². The summed E-state index contributed by atoms with van der Waals surface area (Å²) in [5, 5.41) is 0. The zero-order valence-electron chi connectivity index (χ0n) is 12.1. The fraction of sp³-hybridized carbons (Fsp3) is 0.625. The van der Waals surface area contributed by atoms with Crippen molar-refractivity contribution >= 4 is 0 Å². The Morgan fingerprint density at radius 2 is 2.11 bits per heavy atom. The van der Waals surface area contributed by atoms with Gasteiger partial charge in [-0.2, -0.15) is 0 Å². The largest absolute Gasteiger partial charge is 0.489 e. The van der Waals surface area contributed by atoms with Gasteiger partial charge < -0.3 is 15.4 Å². The smallest absolute Gasteiger partial charge is 0.119 e. The molecule has 0 aromatic heterocycles. The lowest BCUT2D eigenvalue weighted by Crippen LogP contribution is -2.38. The van der Waals surface area contributed by atoms with Crippen LogP contribution in [0.5, 0.6) is 5.75 Å². The molecule has 0 bridgehead atoms. The summed E-state index contributed by atoms with van der Waals surface area (Å²) in [5.74, 6) is 1.52. The van der Waals surface area contributed by atoms with Crippen LogP contribution in [0.4, 0.5) is 0 Å². The van der Waals surface area contributed by atoms with E-state index in [0.717, 1.165) is 31.7 Å². The predicted octanol–water partition coefficient (Wildman–Crippen LogP) is 2.61. The minimum Gasteiger partial charge on any atom is -0.489 e. The maximum atomic E-state index is 6.05. The second kappa shape index (κ2) is 6.92. The Labute approximate surface area is 116 Å². The third-order valence-electron chi connectivity index (χ3n) is 3.93. The van der Waals surface area contributed by atoms with Crippen LogP contribution < -0.4 is 10.5 Å². The molecule has 19 heavy (non-hydrogen) atoms. The third-order valence-corrected chi connectivity index (χ3v) is 3.93. The Bertz CT molecular complexity index is 377. The van der Waals surface area contributed by atoms with Crippen molar-refractivity contribution in [2.24, 2.45) is 5.73 Å². The molecule has 0 spiro atoms. The lowest BCUT2D eigenvalue weighted by atomic mass is 9.98. The molecular weight excluding hydrogens is 236 g/mol. The quantitative estimate of drug-likeness (QED) is 0.886. The highest BCUT2D eigenvalue weighted by Gasteiger charge is 2.18. The summed E-state index contributed by atoms with van der Waals surface area (Å²) in [7, 11) is 2.16. The van der Waals surface area contributed by atoms with Gasteiger partial charge in [0, 0.05) is 6.54 Å². The summed E-state index contributed by atoms with van der Waals surface area (Å²) < 4.78 is 6.05. The van der Waals surface area contributed by atoms with Crippen molar-refractivity contribution in [3.63, 3.8) is 0 Å². The Morgan fingerprint density at radius 1 is 1.37 bits per heavy atom. The van der Waals surface area contributed by atoms with Crippen LogP contribution in [0.2, 0.25) is 0 Å². The van der Waals surface area contributed by atoms with E-state index in [9.17, 15) is 0 Å². The zero-order chi connectivity index (χ0) is 13.7. The molecular formula is C16H26N2O. The van der Waals surface area contributed by atoms with E-state index in [2.05, 4.69) is 43.1 Å². The zero-order valence-corrected chi connectivity index (χ0v) is 12.1. The molecule has 1 aromatic carbocycles. The van der Waals surface area contributed by atoms with Gasteiger partial charge in [0.2, 0.25) is 0 Å². The molecule has 1 saturated heterocycles. The molecule has 1 fully saturated rings. The summed E-state index contributed by atoms with van der Waals surface area (Å²) in [6, 6.07) is 8.53. The topological polar surface area (TPSA) is 38.5 Å². The molecule has 2 N–H and O–H groups in total. The van der Waals surface area contributed by atoms with Crippen LogP contribution >= 0.6 is 0 Å². The van der Waals surface area contributed by atoms with Crippen LogP contribution in [0.3, 0.4) is 0 Å². The molecule has 2 unspecified atom stereocenters. The van der Waals surface area contributed by atoms with E-state index in [1.807, 2.05) is 0 Å². The van der Waals surface area contributed by atoms with Gasteiger partial charge in [0.05, 0.1) is 0 Å². The molecule has 3 nitrogen and oxygen atoms in total. The number of nitrogens with zero attached hydrogens (tertiary/aromatic N) is 1. The molecule has 0 amide bonds. The van der Waals surface area contributed by atoms with Crippen molar-refractivity contribution in [3.05, 3.63) is 29.8 Å². The molecule has 1 aliphatic rings. The van der Waals surface area contributed by atoms with Gasteiger partial charge in [-0.15, -0.1) is 0 Å². The molecule has 1 heterocycles. The first-order chi connectivity index (χ1) is 9.19. The first kappa shape index (κ1) is 14.4. The Kier molecular flexibility index (Phi) is 5.23. The second-order valence-electron chi connectivity index (χ2n) is 5.69. The fourth-order valence-corrected chi connectivity index (χ4v) is 2.70. The molecule has 3 heteroatoms. The van der Waals surface area contributed by atoms with Crippen LogP contribution in [0.25, 0.3) is 0 Å². The summed E-state index contributed by atoms with van der Waals surface area (Å²) in [6.07, 6.45) is 3.77. The maximum Gasteiger partial charge on any atom is 0.119 e. The Hall–Kier alpha value is -1.06. The monoisotopic (exact) mass is 262 g/mol. The number of hydrogen-bond donors (Lipinski definition) is 1. The SMILES string of the molecule is CC(CCN)c1ccc(OC2CCCN(C)C2)cc1. The van der Waals surface area contributed by atoms with Gasteiger partial charge in [-0.1, -0.05) is 19.1 Å². The first-order valence-corrected chi connectivity index (χ1v) is 7.34. The number of hydrogen-bond acceptors (Lipinski definition) is 3. The van der Waals surface area contributed by atoms with E-state index in [-0.39, 0.29) is 0 Å². The Balaban J connectivity index is 1.91. The molecule has 0 radical (unpaired) electrons. The van der Waals surface area contributed by atoms with Crippen molar-refractivity contribution in [2.45, 2.75) is 38.2 Å². The molecule has 2 rings (SSSR count). The second-order valence-corrected chi connectivity index (χ2v) is 5.69. The van der Waals surface area contributed by atoms with Crippen LogP contribution in [0.15, 0.2) is 24.3 Å². The lowest BCUT2D eigenvalue weighted by molar-refractivity contribution is 0.104. The van der Waals surface area contributed by atoms with Crippen molar-refractivity contribution in [2.75, 3.05) is 26.7 Å². The van der Waals surface area contributed by atoms with Crippen LogP contribution in [-0.4, -0.2) is 37.7 Å². The molecule has 1 aromatic rings. The standard InChI is InChI=1S/C16H26N2O/c1-13(9-10-17)14-5-7-15(8-6-14)19-16-4-3-11-18(2)12-16/h5-8,13,16H,3-4,9-12,17H2,1-2H3. The predicted molar refractivity (Wildman–Crippen MR) is 79.7 cm³/mol. The first-order valence-electron chi connectivity index (χ1n) is 7.34. The normalized spacial score (nSPS) is 22.2. The van der Waals surface area contributed by atoms with Crippen molar-refractivity contribution in [1.82, 2.24) is 4.90 Å². The van der Waals surface area contributed by atoms with Gasteiger partial charge in [0.15, 0.2) is 0 Å². The summed E-state index contributed by atoms with van der Waals surface area (Å²) in [5.41, 5.74) is 6.95. The highest BCUT2D eigenvalue weighted by molar-refractivity contribution is 5.29. The Morgan fingerprint density at radius 3 is 2.74 bits per heavy atom. The van der Waals surface area contributed by atoms with Gasteiger partial charge in [-0.3, -0.25) is 0 Å². The number of ether oxygens (including phenoxy) is 1. The van der Waals surface area contributed by atoms with E-state index in [1.54, 1.807) is 0 Å². The van der Waals surface area contributed by atoms with Crippen LogP contribution in [-0.2, 0) is 0 Å². The average Bonchev–Trinajstić information content (AvgIpc) is 2.40. The number of rotatable bonds is 5. The molecule has 106 valence electrons. The van der Waals surface area contributed by atoms with Gasteiger partial charge in [0.25, 0.3) is 0 Å². The maximum absolute atomic E-state index is 6.05. The molecule has 0 saturated carbocycles. The van der Waals surface area contributed by atoms with Gasteiger partial charge in [0.1, 0.15) is 11.9 Å². The summed E-state index contributed by atoms with van der Waals surface area (Å²) in [6.45, 7) is 5.19. The van der Waals surface area contributed by atoms with Gasteiger partial charge >= 0.3 is 0 Å². The highest BCUT2D eigenvalue weighted by atomic mass is 16.5. The lowest BCUT2D eigenvalue weighted by Gasteiger charge is -2.30. The van der Waals surface area contributed by atoms with E-state index < -0.39 is 0 Å². The average molecular weight is 262 g/mol. The minimum atomic E-state index is 0.339. The van der Waals surface area contributed by atoms with E-state index in [4.69, 9.17) is 10.5 Å². The molecule has 2 atom stereocenters. The highest BCUT2D eigenvalue weighted by Crippen LogP contribution is 2.23. The number of benzene rings is 1. The van der Waals surface area contributed by atoms with E-state index >= 15 is 0 Å². The van der Waals surface area contributed by atoms with Crippen LogP contribution in [0, 0.1) is 0 Å². The minimum absolute atomic E-state index is 0.339. The summed E-state index contributed by atoms with van der Waals surface area (Å²) in [4.78, 5) is 2.34.